The Morgan fingerprint density at radius 3 is 2.89 bits per heavy atom. The van der Waals surface area contributed by atoms with Crippen LogP contribution >= 0.6 is 11.6 Å². The van der Waals surface area contributed by atoms with Crippen LogP contribution in [0, 0.1) is 0 Å². The first kappa shape index (κ1) is 19.0. The van der Waals surface area contributed by atoms with Crippen molar-refractivity contribution >= 4 is 34.1 Å². The third kappa shape index (κ3) is 4.54. The maximum atomic E-state index is 6.13. The molecular weight excluding hydrogens is 378 g/mol. The average molecular weight is 402 g/mol. The van der Waals surface area contributed by atoms with Crippen molar-refractivity contribution in [3.63, 3.8) is 0 Å². The first-order valence-electron chi connectivity index (χ1n) is 9.73. The second-order valence-corrected chi connectivity index (χ2v) is 7.29. The lowest BCUT2D eigenvalue weighted by Crippen LogP contribution is -2.10. The molecule has 1 aliphatic rings. The van der Waals surface area contributed by atoms with Gasteiger partial charge in [0.2, 0.25) is 5.28 Å². The summed E-state index contributed by atoms with van der Waals surface area (Å²) in [6, 6.07) is 7.69. The number of nitrogens with zero attached hydrogens (tertiary/aromatic N) is 4. The summed E-state index contributed by atoms with van der Waals surface area (Å²) in [6.45, 7) is 3.20. The Morgan fingerprint density at radius 2 is 2.07 bits per heavy atom. The van der Waals surface area contributed by atoms with Gasteiger partial charge in [-0.3, -0.25) is 0 Å². The molecule has 0 spiro atoms. The molecule has 8 heteroatoms. The van der Waals surface area contributed by atoms with Gasteiger partial charge in [-0.1, -0.05) is 6.92 Å². The van der Waals surface area contributed by atoms with Crippen molar-refractivity contribution in [3.8, 4) is 5.75 Å². The van der Waals surface area contributed by atoms with Crippen LogP contribution in [0.15, 0.2) is 30.5 Å². The van der Waals surface area contributed by atoms with Crippen LogP contribution in [0.5, 0.6) is 5.75 Å². The summed E-state index contributed by atoms with van der Waals surface area (Å²) in [4.78, 5) is 8.68. The highest BCUT2D eigenvalue weighted by Gasteiger charge is 2.17. The molecule has 0 amide bonds. The molecule has 0 aliphatic heterocycles. The van der Waals surface area contributed by atoms with Gasteiger partial charge in [-0.15, -0.1) is 0 Å². The molecule has 0 radical (unpaired) electrons. The molecule has 28 heavy (non-hydrogen) atoms. The normalized spacial score (nSPS) is 14.6. The lowest BCUT2D eigenvalue weighted by Gasteiger charge is -2.14. The fourth-order valence-electron chi connectivity index (χ4n) is 3.37. The van der Waals surface area contributed by atoms with Crippen LogP contribution in [0.3, 0.4) is 0 Å². The molecule has 148 valence electrons. The number of hydrogen-bond acceptors (Lipinski definition) is 6. The van der Waals surface area contributed by atoms with Gasteiger partial charge in [-0.2, -0.15) is 10.1 Å². The molecule has 7 nitrogen and oxygen atoms in total. The average Bonchev–Trinajstić information content (AvgIpc) is 3.34. The lowest BCUT2D eigenvalue weighted by atomic mass is 10.2. The quantitative estimate of drug-likeness (QED) is 0.426. The Bertz CT molecular complexity index is 939. The van der Waals surface area contributed by atoms with Crippen molar-refractivity contribution in [1.29, 1.82) is 0 Å². The molecule has 4 rings (SSSR count). The molecule has 0 atom stereocenters. The van der Waals surface area contributed by atoms with Gasteiger partial charge in [0, 0.05) is 24.3 Å². The Morgan fingerprint density at radius 1 is 1.21 bits per heavy atom. The fraction of sp³-hybridized carbons (Fsp3) is 0.450. The van der Waals surface area contributed by atoms with E-state index in [0.29, 0.717) is 31.1 Å². The van der Waals surface area contributed by atoms with Crippen LogP contribution in [-0.2, 0) is 11.5 Å². The van der Waals surface area contributed by atoms with Crippen LogP contribution in [0.25, 0.3) is 10.9 Å². The molecule has 1 N–H and O–H groups in total. The van der Waals surface area contributed by atoms with Gasteiger partial charge in [0.25, 0.3) is 0 Å². The number of aromatic nitrogens is 4. The van der Waals surface area contributed by atoms with Crippen LogP contribution in [0.4, 0.5) is 11.6 Å². The summed E-state index contributed by atoms with van der Waals surface area (Å²) < 4.78 is 13.4. The van der Waals surface area contributed by atoms with Crippen molar-refractivity contribution in [1.82, 2.24) is 19.7 Å². The maximum Gasteiger partial charge on any atom is 0.224 e. The standard InChI is InChI=1S/C20H24ClN5O2/c1-2-11-27-13-26-10-9-18(25-26)23-19-16-12-15(28-14-5-3-4-6-14)7-8-17(16)22-20(21)24-19/h7-10,12,14H,2-6,11,13H2,1H3,(H,22,23,24,25). The third-order valence-corrected chi connectivity index (χ3v) is 4.87. The predicted octanol–water partition coefficient (Wildman–Crippen LogP) is 4.93. The van der Waals surface area contributed by atoms with Crippen molar-refractivity contribution in [3.05, 3.63) is 35.7 Å². The molecule has 1 fully saturated rings. The van der Waals surface area contributed by atoms with Crippen molar-refractivity contribution in [2.75, 3.05) is 11.9 Å². The smallest absolute Gasteiger partial charge is 0.224 e. The van der Waals surface area contributed by atoms with E-state index < -0.39 is 0 Å². The second kappa shape index (κ2) is 8.75. The van der Waals surface area contributed by atoms with Crippen LogP contribution in [-0.4, -0.2) is 32.5 Å². The van der Waals surface area contributed by atoms with E-state index in [-0.39, 0.29) is 5.28 Å². The molecule has 2 heterocycles. The minimum atomic E-state index is 0.185. The number of fused-ring (bicyclic) bond motifs is 1. The van der Waals surface area contributed by atoms with Gasteiger partial charge in [0.15, 0.2) is 5.82 Å². The van der Waals surface area contributed by atoms with Gasteiger partial charge in [0.1, 0.15) is 18.3 Å². The van der Waals surface area contributed by atoms with E-state index >= 15 is 0 Å². The SMILES string of the molecule is CCCOCn1ccc(Nc2nc(Cl)nc3ccc(OC4CCCC4)cc23)n1. The summed E-state index contributed by atoms with van der Waals surface area (Å²) in [7, 11) is 0. The first-order valence-corrected chi connectivity index (χ1v) is 10.1. The van der Waals surface area contributed by atoms with E-state index in [0.717, 1.165) is 35.9 Å². The van der Waals surface area contributed by atoms with E-state index in [4.69, 9.17) is 21.1 Å². The summed E-state index contributed by atoms with van der Waals surface area (Å²) in [6.07, 6.45) is 7.81. The highest BCUT2D eigenvalue weighted by molar-refractivity contribution is 6.28. The van der Waals surface area contributed by atoms with Crippen molar-refractivity contribution < 1.29 is 9.47 Å². The van der Waals surface area contributed by atoms with E-state index in [1.807, 2.05) is 30.5 Å². The summed E-state index contributed by atoms with van der Waals surface area (Å²) >= 11 is 6.12. The first-order chi connectivity index (χ1) is 13.7. The minimum absolute atomic E-state index is 0.185. The van der Waals surface area contributed by atoms with Crippen molar-refractivity contribution in [2.24, 2.45) is 0 Å². The Kier molecular flexibility index (Phi) is 5.92. The minimum Gasteiger partial charge on any atom is -0.490 e. The van der Waals surface area contributed by atoms with Crippen molar-refractivity contribution in [2.45, 2.75) is 51.9 Å². The zero-order valence-corrected chi connectivity index (χ0v) is 16.7. The van der Waals surface area contributed by atoms with Gasteiger partial charge in [-0.05, 0) is 61.9 Å². The molecular formula is C20H24ClN5O2. The number of hydrogen-bond donors (Lipinski definition) is 1. The number of rotatable bonds is 8. The van der Waals surface area contributed by atoms with Gasteiger partial charge < -0.3 is 14.8 Å². The van der Waals surface area contributed by atoms with Gasteiger partial charge in [-0.25, -0.2) is 9.67 Å². The Balaban J connectivity index is 1.56. The van der Waals surface area contributed by atoms with Crippen LogP contribution < -0.4 is 10.1 Å². The number of anilines is 2. The number of halogens is 1. The zero-order valence-electron chi connectivity index (χ0n) is 15.9. The largest absolute Gasteiger partial charge is 0.490 e. The number of benzene rings is 1. The predicted molar refractivity (Wildman–Crippen MR) is 109 cm³/mol. The summed E-state index contributed by atoms with van der Waals surface area (Å²) in [5, 5.41) is 8.74. The zero-order chi connectivity index (χ0) is 19.3. The molecule has 1 aliphatic carbocycles. The Labute approximate surface area is 169 Å². The van der Waals surface area contributed by atoms with E-state index in [1.165, 1.54) is 12.8 Å². The van der Waals surface area contributed by atoms with E-state index in [2.05, 4.69) is 27.3 Å². The number of nitrogens with one attached hydrogen (secondary N) is 1. The highest BCUT2D eigenvalue weighted by atomic mass is 35.5. The molecule has 2 aromatic heterocycles. The lowest BCUT2D eigenvalue weighted by molar-refractivity contribution is 0.0695. The molecule has 3 aromatic rings. The van der Waals surface area contributed by atoms with E-state index in [1.54, 1.807) is 4.68 Å². The Hall–Kier alpha value is -2.38. The molecule has 0 bridgehead atoms. The monoisotopic (exact) mass is 401 g/mol. The summed E-state index contributed by atoms with van der Waals surface area (Å²) in [5.74, 6) is 2.09. The highest BCUT2D eigenvalue weighted by Crippen LogP contribution is 2.30. The maximum absolute atomic E-state index is 6.13. The van der Waals surface area contributed by atoms with Gasteiger partial charge >= 0.3 is 0 Å². The van der Waals surface area contributed by atoms with Crippen LogP contribution in [0.2, 0.25) is 5.28 Å². The van der Waals surface area contributed by atoms with Crippen LogP contribution in [0.1, 0.15) is 39.0 Å². The second-order valence-electron chi connectivity index (χ2n) is 6.95. The van der Waals surface area contributed by atoms with Gasteiger partial charge in [0.05, 0.1) is 11.6 Å². The molecule has 0 saturated heterocycles. The molecule has 0 unspecified atom stereocenters. The third-order valence-electron chi connectivity index (χ3n) is 4.70. The molecule has 1 aromatic carbocycles. The summed E-state index contributed by atoms with van der Waals surface area (Å²) in [5.41, 5.74) is 0.756. The molecule has 1 saturated carbocycles. The fourth-order valence-corrected chi connectivity index (χ4v) is 3.55. The number of ether oxygens (including phenoxy) is 2. The topological polar surface area (TPSA) is 74.1 Å². The van der Waals surface area contributed by atoms with E-state index in [9.17, 15) is 0 Å².